The van der Waals surface area contributed by atoms with Gasteiger partial charge >= 0.3 is 0 Å². The summed E-state index contributed by atoms with van der Waals surface area (Å²) in [5, 5.41) is 10.8. The number of halogens is 1. The second-order valence-corrected chi connectivity index (χ2v) is 6.39. The molecule has 6 nitrogen and oxygen atoms in total. The van der Waals surface area contributed by atoms with Gasteiger partial charge in [0.1, 0.15) is 11.5 Å². The predicted molar refractivity (Wildman–Crippen MR) is 103 cm³/mol. The zero-order chi connectivity index (χ0) is 18.2. The highest BCUT2D eigenvalue weighted by atomic mass is 79.9. The third-order valence-electron chi connectivity index (χ3n) is 3.95. The first-order chi connectivity index (χ1) is 12.1. The highest BCUT2D eigenvalue weighted by molar-refractivity contribution is 9.10. The topological polar surface area (TPSA) is 71.7 Å². The average Bonchev–Trinajstić information content (AvgIpc) is 3.04. The lowest BCUT2D eigenvalue weighted by Crippen LogP contribution is -2.36. The fraction of sp³-hybridized carbons (Fsp3) is 0.444. The molecular formula is C18H25BrN4O2. The van der Waals surface area contributed by atoms with E-state index in [1.54, 1.807) is 14.2 Å². The molecule has 25 heavy (non-hydrogen) atoms. The zero-order valence-corrected chi connectivity index (χ0v) is 16.7. The van der Waals surface area contributed by atoms with E-state index < -0.39 is 0 Å². The summed E-state index contributed by atoms with van der Waals surface area (Å²) in [7, 11) is 3.42. The Morgan fingerprint density at radius 2 is 2.00 bits per heavy atom. The van der Waals surface area contributed by atoms with E-state index in [1.165, 1.54) is 0 Å². The van der Waals surface area contributed by atoms with Gasteiger partial charge in [0.2, 0.25) is 0 Å². The molecule has 2 N–H and O–H groups in total. The van der Waals surface area contributed by atoms with Crippen LogP contribution in [0.25, 0.3) is 0 Å². The number of benzene rings is 1. The first-order valence-corrected chi connectivity index (χ1v) is 9.15. The Morgan fingerprint density at radius 3 is 2.64 bits per heavy atom. The molecule has 1 heterocycles. The number of rotatable bonds is 7. The zero-order valence-electron chi connectivity index (χ0n) is 15.1. The molecule has 0 bridgehead atoms. The third kappa shape index (κ3) is 4.98. The van der Waals surface area contributed by atoms with Crippen LogP contribution < -0.4 is 15.4 Å². The number of guanidine groups is 1. The Bertz CT molecular complexity index is 706. The van der Waals surface area contributed by atoms with Crippen molar-refractivity contribution in [1.82, 2.24) is 15.8 Å². The van der Waals surface area contributed by atoms with Gasteiger partial charge in [-0.15, -0.1) is 0 Å². The van der Waals surface area contributed by atoms with Crippen molar-refractivity contribution in [2.45, 2.75) is 39.8 Å². The minimum Gasteiger partial charge on any atom is -0.496 e. The van der Waals surface area contributed by atoms with Gasteiger partial charge in [0.25, 0.3) is 0 Å². The molecule has 0 aliphatic rings. The maximum absolute atomic E-state index is 5.40. The predicted octanol–water partition coefficient (Wildman–Crippen LogP) is 3.44. The Morgan fingerprint density at radius 1 is 1.24 bits per heavy atom. The van der Waals surface area contributed by atoms with Crippen LogP contribution in [0.5, 0.6) is 5.75 Å². The van der Waals surface area contributed by atoms with Crippen LogP contribution in [-0.4, -0.2) is 25.3 Å². The molecular weight excluding hydrogens is 384 g/mol. The van der Waals surface area contributed by atoms with E-state index in [0.29, 0.717) is 19.0 Å². The smallest absolute Gasteiger partial charge is 0.191 e. The Balaban J connectivity index is 2.00. The summed E-state index contributed by atoms with van der Waals surface area (Å²) < 4.78 is 11.8. The van der Waals surface area contributed by atoms with Crippen molar-refractivity contribution in [3.05, 3.63) is 45.3 Å². The van der Waals surface area contributed by atoms with Crippen molar-refractivity contribution >= 4 is 21.9 Å². The SMILES string of the molecule is CCc1noc(CC)c1CNC(=NC)NCc1cc(Br)ccc1OC. The van der Waals surface area contributed by atoms with Gasteiger partial charge in [-0.05, 0) is 24.6 Å². The normalized spacial score (nSPS) is 11.5. The first kappa shape index (κ1) is 19.3. The van der Waals surface area contributed by atoms with E-state index in [0.717, 1.165) is 45.6 Å². The van der Waals surface area contributed by atoms with Gasteiger partial charge in [-0.1, -0.05) is 34.9 Å². The Labute approximate surface area is 157 Å². The van der Waals surface area contributed by atoms with Gasteiger partial charge in [0, 0.05) is 42.2 Å². The van der Waals surface area contributed by atoms with Crippen LogP contribution >= 0.6 is 15.9 Å². The number of hydrogen-bond acceptors (Lipinski definition) is 4. The van der Waals surface area contributed by atoms with Gasteiger partial charge in [0.15, 0.2) is 5.96 Å². The van der Waals surface area contributed by atoms with Crippen molar-refractivity contribution < 1.29 is 9.26 Å². The average molecular weight is 409 g/mol. The van der Waals surface area contributed by atoms with Crippen LogP contribution in [0.3, 0.4) is 0 Å². The van der Waals surface area contributed by atoms with Gasteiger partial charge < -0.3 is 19.9 Å². The van der Waals surface area contributed by atoms with Crippen molar-refractivity contribution in [1.29, 1.82) is 0 Å². The number of nitrogens with one attached hydrogen (secondary N) is 2. The Kier molecular flexibility index (Phi) is 7.31. The number of aromatic nitrogens is 1. The van der Waals surface area contributed by atoms with Crippen molar-refractivity contribution in [3.8, 4) is 5.75 Å². The molecule has 1 aromatic heterocycles. The summed E-state index contributed by atoms with van der Waals surface area (Å²) in [4.78, 5) is 4.28. The van der Waals surface area contributed by atoms with Gasteiger partial charge in [0.05, 0.1) is 12.8 Å². The quantitative estimate of drug-likeness (QED) is 0.542. The second kappa shape index (κ2) is 9.46. The summed E-state index contributed by atoms with van der Waals surface area (Å²) in [5.74, 6) is 2.48. The standard InChI is InChI=1S/C18H25BrN4O2/c1-5-15-14(16(6-2)25-23-15)11-22-18(20-3)21-10-12-9-13(19)7-8-17(12)24-4/h7-9H,5-6,10-11H2,1-4H3,(H2,20,21,22). The molecule has 0 fully saturated rings. The summed E-state index contributed by atoms with van der Waals surface area (Å²) in [6.45, 7) is 5.38. The van der Waals surface area contributed by atoms with Gasteiger partial charge in [-0.2, -0.15) is 0 Å². The highest BCUT2D eigenvalue weighted by Gasteiger charge is 2.13. The molecule has 2 rings (SSSR count). The maximum atomic E-state index is 5.40. The third-order valence-corrected chi connectivity index (χ3v) is 4.45. The number of aliphatic imine (C=N–C) groups is 1. The Hall–Kier alpha value is -2.02. The highest BCUT2D eigenvalue weighted by Crippen LogP contribution is 2.22. The largest absolute Gasteiger partial charge is 0.496 e. The van der Waals surface area contributed by atoms with Crippen molar-refractivity contribution in [3.63, 3.8) is 0 Å². The van der Waals surface area contributed by atoms with E-state index in [1.807, 2.05) is 18.2 Å². The van der Waals surface area contributed by atoms with Crippen LogP contribution in [-0.2, 0) is 25.9 Å². The molecule has 0 spiro atoms. The number of hydrogen-bond donors (Lipinski definition) is 2. The lowest BCUT2D eigenvalue weighted by molar-refractivity contribution is 0.380. The molecule has 7 heteroatoms. The summed E-state index contributed by atoms with van der Waals surface area (Å²) in [5.41, 5.74) is 3.16. The van der Waals surface area contributed by atoms with Crippen LogP contribution in [0.2, 0.25) is 0 Å². The summed E-state index contributed by atoms with van der Waals surface area (Å²) in [6, 6.07) is 5.93. The lowest BCUT2D eigenvalue weighted by atomic mass is 10.1. The molecule has 0 amide bonds. The van der Waals surface area contributed by atoms with E-state index in [-0.39, 0.29) is 0 Å². The summed E-state index contributed by atoms with van der Waals surface area (Å²) >= 11 is 3.49. The first-order valence-electron chi connectivity index (χ1n) is 8.36. The second-order valence-electron chi connectivity index (χ2n) is 5.47. The number of methoxy groups -OCH3 is 1. The molecule has 0 aliphatic heterocycles. The molecule has 0 aliphatic carbocycles. The van der Waals surface area contributed by atoms with Crippen molar-refractivity contribution in [2.75, 3.05) is 14.2 Å². The van der Waals surface area contributed by atoms with Crippen LogP contribution in [0.15, 0.2) is 32.2 Å². The minimum atomic E-state index is 0.604. The number of aryl methyl sites for hydroxylation is 2. The van der Waals surface area contributed by atoms with Crippen LogP contribution in [0.4, 0.5) is 0 Å². The molecule has 136 valence electrons. The molecule has 0 saturated heterocycles. The van der Waals surface area contributed by atoms with E-state index in [9.17, 15) is 0 Å². The fourth-order valence-electron chi connectivity index (χ4n) is 2.59. The van der Waals surface area contributed by atoms with E-state index in [2.05, 4.69) is 50.6 Å². The van der Waals surface area contributed by atoms with E-state index in [4.69, 9.17) is 9.26 Å². The van der Waals surface area contributed by atoms with Crippen LogP contribution in [0, 0.1) is 0 Å². The maximum Gasteiger partial charge on any atom is 0.191 e. The van der Waals surface area contributed by atoms with Gasteiger partial charge in [-0.3, -0.25) is 4.99 Å². The molecule has 2 aromatic rings. The fourth-order valence-corrected chi connectivity index (χ4v) is 3.00. The molecule has 0 atom stereocenters. The lowest BCUT2D eigenvalue weighted by Gasteiger charge is -2.14. The van der Waals surface area contributed by atoms with Crippen molar-refractivity contribution in [2.24, 2.45) is 4.99 Å². The number of nitrogens with zero attached hydrogens (tertiary/aromatic N) is 2. The van der Waals surface area contributed by atoms with E-state index >= 15 is 0 Å². The molecule has 0 unspecified atom stereocenters. The molecule has 1 aromatic carbocycles. The van der Waals surface area contributed by atoms with Gasteiger partial charge in [-0.25, -0.2) is 0 Å². The number of ether oxygens (including phenoxy) is 1. The summed E-state index contributed by atoms with van der Waals surface area (Å²) in [6.07, 6.45) is 1.67. The molecule has 0 radical (unpaired) electrons. The minimum absolute atomic E-state index is 0.604. The monoisotopic (exact) mass is 408 g/mol. The molecule has 0 saturated carbocycles. The van der Waals surface area contributed by atoms with Crippen LogP contribution in [0.1, 0.15) is 36.4 Å².